The molecule has 2 heterocycles. The average molecular weight is 469 g/mol. The lowest BCUT2D eigenvalue weighted by molar-refractivity contribution is -0.119. The Bertz CT molecular complexity index is 1010. The van der Waals surface area contributed by atoms with E-state index in [-0.39, 0.29) is 11.9 Å². The number of nitrogens with one attached hydrogen (secondary N) is 1. The molecule has 0 radical (unpaired) electrons. The van der Waals surface area contributed by atoms with Crippen LogP contribution >= 0.6 is 23.4 Å². The highest BCUT2D eigenvalue weighted by molar-refractivity contribution is 7.99. The molecule has 1 aromatic heterocycles. The molecule has 0 atom stereocenters. The maximum Gasteiger partial charge on any atom is 0.230 e. The van der Waals surface area contributed by atoms with Gasteiger partial charge in [0.15, 0.2) is 5.16 Å². The van der Waals surface area contributed by atoms with E-state index < -0.39 is 0 Å². The van der Waals surface area contributed by atoms with E-state index in [4.69, 9.17) is 11.6 Å². The second-order valence-corrected chi connectivity index (χ2v) is 9.45. The number of benzene rings is 2. The molecule has 0 aliphatic carbocycles. The van der Waals surface area contributed by atoms with Crippen molar-refractivity contribution in [1.82, 2.24) is 19.8 Å². The SMILES string of the molecule is CCN1CCC(NC(=O)CSc2ncc(-c3ccc(Cl)cc3)n2Cc2ccccc2)CC1. The van der Waals surface area contributed by atoms with Crippen LogP contribution in [-0.4, -0.2) is 51.8 Å². The highest BCUT2D eigenvalue weighted by Crippen LogP contribution is 2.28. The summed E-state index contributed by atoms with van der Waals surface area (Å²) in [6, 6.07) is 18.4. The van der Waals surface area contributed by atoms with Crippen LogP contribution in [0.3, 0.4) is 0 Å². The molecule has 0 spiro atoms. The molecule has 5 nitrogen and oxygen atoms in total. The van der Waals surface area contributed by atoms with E-state index >= 15 is 0 Å². The molecular formula is C25H29ClN4OS. The zero-order valence-electron chi connectivity index (χ0n) is 18.3. The summed E-state index contributed by atoms with van der Waals surface area (Å²) < 4.78 is 2.18. The van der Waals surface area contributed by atoms with Gasteiger partial charge in [-0.2, -0.15) is 0 Å². The third-order valence-electron chi connectivity index (χ3n) is 5.87. The van der Waals surface area contributed by atoms with Crippen molar-refractivity contribution in [2.24, 2.45) is 0 Å². The van der Waals surface area contributed by atoms with Crippen LogP contribution in [0.4, 0.5) is 0 Å². The van der Waals surface area contributed by atoms with Crippen molar-refractivity contribution in [3.8, 4) is 11.3 Å². The number of piperidine rings is 1. The highest BCUT2D eigenvalue weighted by atomic mass is 35.5. The first-order valence-electron chi connectivity index (χ1n) is 11.1. The van der Waals surface area contributed by atoms with Crippen LogP contribution in [0.15, 0.2) is 66.0 Å². The normalized spacial score (nSPS) is 15.1. The van der Waals surface area contributed by atoms with E-state index in [1.54, 1.807) is 0 Å². The summed E-state index contributed by atoms with van der Waals surface area (Å²) in [7, 11) is 0. The van der Waals surface area contributed by atoms with Gasteiger partial charge in [-0.25, -0.2) is 4.98 Å². The van der Waals surface area contributed by atoms with Gasteiger partial charge in [-0.05, 0) is 42.6 Å². The van der Waals surface area contributed by atoms with Gasteiger partial charge >= 0.3 is 0 Å². The Labute approximate surface area is 199 Å². The molecule has 1 saturated heterocycles. The van der Waals surface area contributed by atoms with Gasteiger partial charge in [-0.3, -0.25) is 4.79 Å². The lowest BCUT2D eigenvalue weighted by Crippen LogP contribution is -2.45. The number of carbonyl (C=O) groups is 1. The monoisotopic (exact) mass is 468 g/mol. The predicted octanol–water partition coefficient (Wildman–Crippen LogP) is 4.94. The van der Waals surface area contributed by atoms with Gasteiger partial charge in [0.1, 0.15) is 0 Å². The van der Waals surface area contributed by atoms with E-state index in [0.717, 1.165) is 48.9 Å². The van der Waals surface area contributed by atoms with Gasteiger partial charge in [-0.1, -0.05) is 72.8 Å². The fourth-order valence-corrected chi connectivity index (χ4v) is 4.95. The van der Waals surface area contributed by atoms with Gasteiger partial charge in [0.25, 0.3) is 0 Å². The molecule has 1 N–H and O–H groups in total. The van der Waals surface area contributed by atoms with E-state index in [0.29, 0.717) is 17.3 Å². The van der Waals surface area contributed by atoms with Gasteiger partial charge in [0.05, 0.1) is 24.2 Å². The van der Waals surface area contributed by atoms with Crippen LogP contribution in [-0.2, 0) is 11.3 Å². The van der Waals surface area contributed by atoms with Crippen LogP contribution in [0.25, 0.3) is 11.3 Å². The summed E-state index contributed by atoms with van der Waals surface area (Å²) in [5, 5.41) is 4.76. The number of thioether (sulfide) groups is 1. The first-order chi connectivity index (χ1) is 15.6. The topological polar surface area (TPSA) is 50.2 Å². The second-order valence-electron chi connectivity index (χ2n) is 8.07. The Morgan fingerprint density at radius 2 is 1.84 bits per heavy atom. The summed E-state index contributed by atoms with van der Waals surface area (Å²) in [5.74, 6) is 0.437. The minimum absolute atomic E-state index is 0.0762. The van der Waals surface area contributed by atoms with E-state index in [2.05, 4.69) is 38.8 Å². The molecule has 168 valence electrons. The Morgan fingerprint density at radius 3 is 2.53 bits per heavy atom. The highest BCUT2D eigenvalue weighted by Gasteiger charge is 2.20. The quantitative estimate of drug-likeness (QED) is 0.475. The van der Waals surface area contributed by atoms with Gasteiger partial charge in [0, 0.05) is 24.2 Å². The van der Waals surface area contributed by atoms with E-state index in [1.165, 1.54) is 17.3 Å². The lowest BCUT2D eigenvalue weighted by atomic mass is 10.1. The third kappa shape index (κ3) is 5.94. The Kier molecular flexibility index (Phi) is 7.90. The predicted molar refractivity (Wildman–Crippen MR) is 132 cm³/mol. The van der Waals surface area contributed by atoms with E-state index in [9.17, 15) is 4.79 Å². The van der Waals surface area contributed by atoms with Crippen molar-refractivity contribution in [2.75, 3.05) is 25.4 Å². The number of hydrogen-bond donors (Lipinski definition) is 1. The van der Waals surface area contributed by atoms with Crippen molar-refractivity contribution in [1.29, 1.82) is 0 Å². The summed E-state index contributed by atoms with van der Waals surface area (Å²) in [6.45, 7) is 6.07. The van der Waals surface area contributed by atoms with Crippen LogP contribution in [0, 0.1) is 0 Å². The molecule has 32 heavy (non-hydrogen) atoms. The number of imidazole rings is 1. The van der Waals surface area contributed by atoms with Gasteiger partial charge in [0.2, 0.25) is 5.91 Å². The molecule has 7 heteroatoms. The standard InChI is InChI=1S/C25H29ClN4OS/c1-2-29-14-12-22(13-15-29)28-24(31)18-32-25-27-16-23(20-8-10-21(26)11-9-20)30(25)17-19-6-4-3-5-7-19/h3-11,16,22H,2,12-15,17-18H2,1H3,(H,28,31). The molecule has 1 aliphatic rings. The first kappa shape index (κ1) is 22.9. The number of nitrogens with zero attached hydrogens (tertiary/aromatic N) is 3. The van der Waals surface area contributed by atoms with Gasteiger partial charge < -0.3 is 14.8 Å². The molecule has 1 amide bonds. The van der Waals surface area contributed by atoms with Crippen molar-refractivity contribution in [2.45, 2.75) is 37.5 Å². The van der Waals surface area contributed by atoms with Crippen LogP contribution in [0.1, 0.15) is 25.3 Å². The zero-order chi connectivity index (χ0) is 22.3. The van der Waals surface area contributed by atoms with Crippen molar-refractivity contribution < 1.29 is 4.79 Å². The second kappa shape index (κ2) is 11.0. The maximum atomic E-state index is 12.6. The number of rotatable bonds is 8. The third-order valence-corrected chi connectivity index (χ3v) is 7.12. The minimum atomic E-state index is 0.0762. The summed E-state index contributed by atoms with van der Waals surface area (Å²) in [4.78, 5) is 19.7. The van der Waals surface area contributed by atoms with Crippen LogP contribution in [0.2, 0.25) is 5.02 Å². The van der Waals surface area contributed by atoms with Crippen molar-refractivity contribution >= 4 is 29.3 Å². The van der Waals surface area contributed by atoms with Crippen molar-refractivity contribution in [3.05, 3.63) is 71.4 Å². The fraction of sp³-hybridized carbons (Fsp3) is 0.360. The molecular weight excluding hydrogens is 440 g/mol. The number of hydrogen-bond acceptors (Lipinski definition) is 4. The maximum absolute atomic E-state index is 12.6. The molecule has 2 aromatic carbocycles. The summed E-state index contributed by atoms with van der Waals surface area (Å²) in [5.41, 5.74) is 3.26. The van der Waals surface area contributed by atoms with Gasteiger partial charge in [-0.15, -0.1) is 0 Å². The van der Waals surface area contributed by atoms with E-state index in [1.807, 2.05) is 48.7 Å². The lowest BCUT2D eigenvalue weighted by Gasteiger charge is -2.31. The number of carbonyl (C=O) groups excluding carboxylic acids is 1. The Morgan fingerprint density at radius 1 is 1.12 bits per heavy atom. The molecule has 4 rings (SSSR count). The number of halogens is 1. The molecule has 1 fully saturated rings. The Balaban J connectivity index is 1.45. The molecule has 3 aromatic rings. The molecule has 1 aliphatic heterocycles. The molecule has 0 saturated carbocycles. The smallest absolute Gasteiger partial charge is 0.230 e. The average Bonchev–Trinajstić information content (AvgIpc) is 3.21. The molecule has 0 unspecified atom stereocenters. The van der Waals surface area contributed by atoms with Crippen LogP contribution in [0.5, 0.6) is 0 Å². The fourth-order valence-electron chi connectivity index (χ4n) is 4.04. The minimum Gasteiger partial charge on any atom is -0.353 e. The first-order valence-corrected chi connectivity index (χ1v) is 12.5. The largest absolute Gasteiger partial charge is 0.353 e. The molecule has 0 bridgehead atoms. The van der Waals surface area contributed by atoms with Crippen LogP contribution < -0.4 is 5.32 Å². The number of aromatic nitrogens is 2. The Hall–Kier alpha value is -2.28. The number of amides is 1. The zero-order valence-corrected chi connectivity index (χ0v) is 19.9. The van der Waals surface area contributed by atoms with Crippen molar-refractivity contribution in [3.63, 3.8) is 0 Å². The summed E-state index contributed by atoms with van der Waals surface area (Å²) in [6.07, 6.45) is 3.92. The number of likely N-dealkylation sites (tertiary alicyclic amines) is 1. The summed E-state index contributed by atoms with van der Waals surface area (Å²) >= 11 is 7.57.